The molecule has 0 spiro atoms. The number of nitrogens with one attached hydrogen (secondary N) is 4. The van der Waals surface area contributed by atoms with Crippen LogP contribution in [0.4, 0.5) is 13.2 Å². The molecule has 6 aliphatic rings. The predicted molar refractivity (Wildman–Crippen MR) is 408 cm³/mol. The third-order valence-corrected chi connectivity index (χ3v) is 21.5. The topological polar surface area (TPSA) is 386 Å². The summed E-state index contributed by atoms with van der Waals surface area (Å²) in [7, 11) is 0. The molecule has 8 aromatic rings. The van der Waals surface area contributed by atoms with Crippen LogP contribution < -0.4 is 30.7 Å². The van der Waals surface area contributed by atoms with E-state index in [2.05, 4.69) is 64.0 Å². The van der Waals surface area contributed by atoms with Crippen molar-refractivity contribution < 1.29 is 90.0 Å². The van der Waals surface area contributed by atoms with Gasteiger partial charge in [-0.05, 0) is 114 Å². The van der Waals surface area contributed by atoms with Gasteiger partial charge in [0.1, 0.15) is 70.5 Å². The largest absolute Gasteiger partial charge is 0.490 e. The molecule has 4 aromatic carbocycles. The maximum atomic E-state index is 13.3. The van der Waals surface area contributed by atoms with Crippen LogP contribution in [0.1, 0.15) is 173 Å². The van der Waals surface area contributed by atoms with Gasteiger partial charge in [-0.25, -0.2) is 0 Å². The van der Waals surface area contributed by atoms with Crippen molar-refractivity contribution in [1.82, 2.24) is 60.6 Å². The maximum Gasteiger partial charge on any atom is 0.471 e. The lowest BCUT2D eigenvalue weighted by molar-refractivity contribution is -0.173. The van der Waals surface area contributed by atoms with E-state index in [1.54, 1.807) is 40.1 Å². The SMILES string of the molecule is C.C.Cc1sc2c(c1C)C(c1ccc(Cl)cc1)=N[C@@H](CC(=O)NCCOCCOc1cccc3c1C(=O)N(C1CCC(=O)NC1=O)C3=O)c1nnc(C)n1-2.Cc1sc2c(c1C)C(c1ccc(Cl)cc1)=N[C@@H](CC(=O)O)c1nnc(C)n1-2.O=C1CCC(N2C(=O)c3cccc(OCCOCCNC(=O)C(F)(F)F)c3C2=O)C(=O)N1. The number of piperidine rings is 2. The summed E-state index contributed by atoms with van der Waals surface area (Å²) in [4.78, 5) is 149. The number of aryl methyl sites for hydroxylation is 4. The van der Waals surface area contributed by atoms with Gasteiger partial charge in [-0.2, -0.15) is 13.2 Å². The van der Waals surface area contributed by atoms with Crippen molar-refractivity contribution in [2.75, 3.05) is 52.7 Å². The van der Waals surface area contributed by atoms with Crippen LogP contribution in [-0.2, 0) is 43.0 Å². The summed E-state index contributed by atoms with van der Waals surface area (Å²) in [6, 6.07) is 20.5. The summed E-state index contributed by atoms with van der Waals surface area (Å²) in [5.41, 5.74) is 7.72. The first-order valence-electron chi connectivity index (χ1n) is 34.7. The van der Waals surface area contributed by atoms with Crippen molar-refractivity contribution in [2.24, 2.45) is 9.98 Å². The number of imide groups is 4. The highest BCUT2D eigenvalue weighted by atomic mass is 35.5. The normalized spacial score (nSPS) is 17.3. The molecule has 2 fully saturated rings. The van der Waals surface area contributed by atoms with Gasteiger partial charge >= 0.3 is 18.1 Å². The van der Waals surface area contributed by atoms with Crippen LogP contribution in [-0.4, -0.2) is 192 Å². The van der Waals surface area contributed by atoms with Gasteiger partial charge in [0.25, 0.3) is 23.6 Å². The monoisotopic (exact) mass is 1630 g/mol. The zero-order valence-electron chi connectivity index (χ0n) is 60.0. The standard InChI is InChI=1S/C36H34ClN7O7S.C19H17ClN4O2S.C19H18F3N3O7.2CH4/c1-18-19(2)52-36-29(18)31(21-7-9-22(37)10-8-21)39-24(32-42-41-20(3)43(32)36)17-28(46)38-13-14-50-15-16-51-26-6-4-5-23-30(26)35(49)44(34(23)48)25-11-12-27(45)40-33(25)47;1-9-10(2)27-19-16(9)17(12-4-6-13(20)7-5-12)21-14(8-15(25)26)18-23-22-11(3)24(18)19;20-19(21,22)18(30)23-6-7-31-8-9-32-12-3-1-2-10-14(12)17(29)25(16(10)28)11-4-5-13(26)24-15(11)27;;/h4-10,24-25H,11-17H2,1-3H3,(H,38,46)(H,40,45,47);4-7,14H,8H2,1-3H3,(H,25,26);1-3,11H,4-9H2,(H,23,30)(H,24,26,27);2*1H4/t24-,25?;14-;;;/m00.../s1. The molecule has 0 saturated carbocycles. The number of carbonyl (C=O) groups is 11. The molecule has 5 N–H and O–H groups in total. The van der Waals surface area contributed by atoms with Crippen LogP contribution in [0.2, 0.25) is 10.0 Å². The number of alkyl halides is 3. The summed E-state index contributed by atoms with van der Waals surface area (Å²) in [5.74, 6) is -5.42. The molecular weight excluding hydrogens is 1560 g/mol. The van der Waals surface area contributed by atoms with Crippen LogP contribution in [0.5, 0.6) is 11.5 Å². The molecule has 594 valence electrons. The van der Waals surface area contributed by atoms with Gasteiger partial charge in [-0.15, -0.1) is 43.1 Å². The molecule has 6 aliphatic heterocycles. The highest BCUT2D eigenvalue weighted by Crippen LogP contribution is 2.43. The number of carboxylic acid groups (broad SMARTS) is 1. The third kappa shape index (κ3) is 17.8. The highest BCUT2D eigenvalue weighted by Gasteiger charge is 2.48. The second kappa shape index (κ2) is 35.6. The fraction of sp³-hybridized carbons (Fsp3) is 0.355. The average molecular weight is 1630 g/mol. The van der Waals surface area contributed by atoms with E-state index >= 15 is 0 Å². The molecule has 113 heavy (non-hydrogen) atoms. The van der Waals surface area contributed by atoms with Crippen LogP contribution in [0.25, 0.3) is 10.0 Å². The molecule has 2 unspecified atom stereocenters. The number of halogens is 5. The van der Waals surface area contributed by atoms with Crippen molar-refractivity contribution >= 4 is 122 Å². The number of benzene rings is 4. The second-order valence-electron chi connectivity index (χ2n) is 25.9. The summed E-state index contributed by atoms with van der Waals surface area (Å²) >= 11 is 15.5. The number of amides is 10. The Morgan fingerprint density at radius 3 is 1.35 bits per heavy atom. The molecule has 0 aliphatic carbocycles. The fourth-order valence-electron chi connectivity index (χ4n) is 13.1. The Morgan fingerprint density at radius 2 is 0.947 bits per heavy atom. The Kier molecular flexibility index (Phi) is 26.6. The number of hydrogen-bond acceptors (Lipinski definition) is 23. The Balaban J connectivity index is 0.000000191. The zero-order chi connectivity index (χ0) is 79.4. The minimum absolute atomic E-state index is 0. The Hall–Kier alpha value is -11.2. The van der Waals surface area contributed by atoms with Gasteiger partial charge < -0.3 is 34.7 Å². The van der Waals surface area contributed by atoms with E-state index in [-0.39, 0.29) is 146 Å². The number of fused-ring (bicyclic) bond motifs is 8. The molecule has 4 aromatic heterocycles. The van der Waals surface area contributed by atoms with Crippen LogP contribution in [0, 0.1) is 41.5 Å². The first-order valence-corrected chi connectivity index (χ1v) is 37.1. The Morgan fingerprint density at radius 1 is 0.540 bits per heavy atom. The van der Waals surface area contributed by atoms with E-state index in [4.69, 9.17) is 52.1 Å². The van der Waals surface area contributed by atoms with Crippen molar-refractivity contribution in [1.29, 1.82) is 0 Å². The molecule has 2 saturated heterocycles. The van der Waals surface area contributed by atoms with Crippen molar-refractivity contribution in [2.45, 2.75) is 125 Å². The molecule has 37 heteroatoms. The second-order valence-corrected chi connectivity index (χ2v) is 29.2. The molecule has 0 bridgehead atoms. The summed E-state index contributed by atoms with van der Waals surface area (Å²) in [5, 5.41) is 38.7. The summed E-state index contributed by atoms with van der Waals surface area (Å²) in [6.45, 7) is 11.9. The van der Waals surface area contributed by atoms with Crippen molar-refractivity contribution in [3.8, 4) is 21.5 Å². The number of rotatable bonds is 22. The Labute approximate surface area is 662 Å². The van der Waals surface area contributed by atoms with E-state index in [1.807, 2.05) is 71.5 Å². The van der Waals surface area contributed by atoms with Gasteiger partial charge in [0.05, 0.1) is 72.9 Å². The molecule has 10 amide bonds. The molecular formula is C76H77Cl2F3N14O16S2. The number of hydrogen-bond donors (Lipinski definition) is 5. The first-order chi connectivity index (χ1) is 53.0. The highest BCUT2D eigenvalue weighted by molar-refractivity contribution is 7.15. The molecule has 0 radical (unpaired) electrons. The number of aliphatic carboxylic acids is 1. The average Bonchev–Trinajstić information content (AvgIpc) is 1.61. The van der Waals surface area contributed by atoms with Crippen LogP contribution in [0.3, 0.4) is 0 Å². The van der Waals surface area contributed by atoms with Crippen LogP contribution in [0.15, 0.2) is 94.9 Å². The molecule has 10 heterocycles. The van der Waals surface area contributed by atoms with Gasteiger partial charge in [0.15, 0.2) is 11.6 Å². The number of carboxylic acids is 1. The van der Waals surface area contributed by atoms with E-state index < -0.39 is 89.5 Å². The fourth-order valence-corrected chi connectivity index (χ4v) is 15.8. The van der Waals surface area contributed by atoms with Gasteiger partial charge in [0, 0.05) is 68.0 Å². The number of ether oxygens (including phenoxy) is 4. The lowest BCUT2D eigenvalue weighted by Gasteiger charge is -2.27. The minimum Gasteiger partial charge on any atom is -0.490 e. The predicted octanol–water partition coefficient (Wildman–Crippen LogP) is 9.51. The van der Waals surface area contributed by atoms with Gasteiger partial charge in [-0.1, -0.05) is 74.5 Å². The van der Waals surface area contributed by atoms with E-state index in [1.165, 1.54) is 29.1 Å². The number of thiophene rings is 2. The maximum absolute atomic E-state index is 13.3. The third-order valence-electron chi connectivity index (χ3n) is 18.6. The lowest BCUT2D eigenvalue weighted by Crippen LogP contribution is -2.54. The van der Waals surface area contributed by atoms with E-state index in [0.717, 1.165) is 75.3 Å². The minimum atomic E-state index is -4.97. The molecule has 30 nitrogen and oxygen atoms in total. The molecule has 14 rings (SSSR count). The van der Waals surface area contributed by atoms with Crippen LogP contribution >= 0.6 is 45.9 Å². The lowest BCUT2D eigenvalue weighted by atomic mass is 9.99. The quantitative estimate of drug-likeness (QED) is 0.0311. The first kappa shape index (κ1) is 84.2. The molecule has 4 atom stereocenters. The van der Waals surface area contributed by atoms with Crippen molar-refractivity contribution in [3.63, 3.8) is 0 Å². The van der Waals surface area contributed by atoms with E-state index in [0.29, 0.717) is 27.5 Å². The summed E-state index contributed by atoms with van der Waals surface area (Å²) < 4.78 is 62.1. The number of nitrogens with zero attached hydrogens (tertiary/aromatic N) is 10. The Bertz CT molecular complexity index is 5170. The van der Waals surface area contributed by atoms with Crippen molar-refractivity contribution in [3.05, 3.63) is 184 Å². The smallest absolute Gasteiger partial charge is 0.471 e. The number of aliphatic imine (C=N–C) groups is 2. The number of aromatic nitrogens is 6. The zero-order valence-corrected chi connectivity index (χ0v) is 63.2. The van der Waals surface area contributed by atoms with E-state index in [9.17, 15) is 71.0 Å². The van der Waals surface area contributed by atoms with Gasteiger partial charge in [0.2, 0.25) is 29.5 Å². The number of carbonyl (C=O) groups excluding carboxylic acids is 10. The summed E-state index contributed by atoms with van der Waals surface area (Å²) in [6.07, 6.45) is -4.98. The van der Waals surface area contributed by atoms with Gasteiger partial charge in [-0.3, -0.25) is 92.3 Å².